The summed E-state index contributed by atoms with van der Waals surface area (Å²) in [5, 5.41) is 8.73. The maximum absolute atomic E-state index is 4.63. The summed E-state index contributed by atoms with van der Waals surface area (Å²) in [6.45, 7) is 4.45. The lowest BCUT2D eigenvalue weighted by molar-refractivity contribution is 0.823. The molecule has 6 heteroatoms. The van der Waals surface area contributed by atoms with E-state index in [-0.39, 0.29) is 24.0 Å². The van der Waals surface area contributed by atoms with E-state index in [4.69, 9.17) is 0 Å². The molecular formula is C16H22IN3S2. The number of nitrogens with zero attached hydrogens (tertiary/aromatic N) is 1. The molecule has 0 radical (unpaired) electrons. The molecule has 0 amide bonds. The number of aliphatic imine (C=N–C) groups is 1. The molecule has 1 heterocycles. The Morgan fingerprint density at radius 2 is 1.95 bits per heavy atom. The van der Waals surface area contributed by atoms with Gasteiger partial charge in [0.2, 0.25) is 0 Å². The van der Waals surface area contributed by atoms with E-state index in [2.05, 4.69) is 70.6 Å². The Labute approximate surface area is 158 Å². The summed E-state index contributed by atoms with van der Waals surface area (Å²) < 4.78 is 0. The number of hydrogen-bond acceptors (Lipinski definition) is 3. The molecule has 0 saturated heterocycles. The first-order chi connectivity index (χ1) is 10.3. The molecule has 0 fully saturated rings. The highest BCUT2D eigenvalue weighted by molar-refractivity contribution is 14.0. The average molecular weight is 447 g/mol. The molecule has 22 heavy (non-hydrogen) atoms. The lowest BCUT2D eigenvalue weighted by atomic mass is 10.2. The number of nitrogens with one attached hydrogen (secondary N) is 2. The molecule has 0 spiro atoms. The van der Waals surface area contributed by atoms with Crippen molar-refractivity contribution in [1.29, 1.82) is 0 Å². The summed E-state index contributed by atoms with van der Waals surface area (Å²) in [5.74, 6) is 0.861. The van der Waals surface area contributed by atoms with Crippen LogP contribution in [0.5, 0.6) is 0 Å². The largest absolute Gasteiger partial charge is 0.357 e. The van der Waals surface area contributed by atoms with Gasteiger partial charge in [-0.15, -0.1) is 47.1 Å². The number of hydrogen-bond donors (Lipinski definition) is 2. The Bertz CT molecular complexity index is 553. The molecule has 0 aliphatic heterocycles. The summed E-state index contributed by atoms with van der Waals surface area (Å²) in [6, 6.07) is 12.8. The number of rotatable bonds is 6. The van der Waals surface area contributed by atoms with Gasteiger partial charge in [-0.3, -0.25) is 0 Å². The lowest BCUT2D eigenvalue weighted by Gasteiger charge is -2.10. The van der Waals surface area contributed by atoms with Crippen LogP contribution in [-0.4, -0.2) is 18.8 Å². The topological polar surface area (TPSA) is 36.4 Å². The normalized spacial score (nSPS) is 10.9. The summed E-state index contributed by atoms with van der Waals surface area (Å²) in [4.78, 5) is 7.22. The van der Waals surface area contributed by atoms with E-state index in [1.807, 2.05) is 0 Å². The molecule has 120 valence electrons. The van der Waals surface area contributed by atoms with Crippen LogP contribution in [-0.2, 0) is 13.1 Å². The second-order valence-electron chi connectivity index (χ2n) is 4.48. The Kier molecular flexibility index (Phi) is 9.58. The summed E-state index contributed by atoms with van der Waals surface area (Å²) in [6.07, 6.45) is 2.09. The van der Waals surface area contributed by atoms with Crippen molar-refractivity contribution in [3.05, 3.63) is 52.2 Å². The minimum atomic E-state index is 0. The van der Waals surface area contributed by atoms with Crippen LogP contribution in [0, 0.1) is 0 Å². The summed E-state index contributed by atoms with van der Waals surface area (Å²) in [5.41, 5.74) is 1.22. The van der Waals surface area contributed by atoms with Crippen molar-refractivity contribution in [2.75, 3.05) is 12.8 Å². The molecule has 0 saturated carbocycles. The Hall–Kier alpha value is -0.730. The number of guanidine groups is 1. The monoisotopic (exact) mass is 447 g/mol. The van der Waals surface area contributed by atoms with Crippen molar-refractivity contribution >= 4 is 53.0 Å². The van der Waals surface area contributed by atoms with Crippen LogP contribution in [0.2, 0.25) is 0 Å². The molecule has 0 atom stereocenters. The third-order valence-corrected chi connectivity index (χ3v) is 4.55. The SMILES string of the molecule is CCNC(=NCc1ccc(SC)cc1)NCc1cccs1.I. The predicted octanol–water partition coefficient (Wildman–Crippen LogP) is 4.34. The molecule has 0 aliphatic carbocycles. The van der Waals surface area contributed by atoms with Crippen molar-refractivity contribution in [2.24, 2.45) is 4.99 Å². The van der Waals surface area contributed by atoms with Crippen LogP contribution < -0.4 is 10.6 Å². The van der Waals surface area contributed by atoms with Gasteiger partial charge in [0, 0.05) is 16.3 Å². The highest BCUT2D eigenvalue weighted by atomic mass is 127. The maximum Gasteiger partial charge on any atom is 0.191 e. The smallest absolute Gasteiger partial charge is 0.191 e. The third kappa shape index (κ3) is 6.58. The fourth-order valence-electron chi connectivity index (χ4n) is 1.83. The molecule has 0 unspecified atom stereocenters. The standard InChI is InChI=1S/C16H21N3S2.HI/c1-3-17-16(19-12-15-5-4-10-21-15)18-11-13-6-8-14(20-2)9-7-13;/h4-10H,3,11-12H2,1-2H3,(H2,17,18,19);1H. The van der Waals surface area contributed by atoms with Gasteiger partial charge in [0.05, 0.1) is 13.1 Å². The number of benzene rings is 1. The maximum atomic E-state index is 4.63. The van der Waals surface area contributed by atoms with Crippen molar-refractivity contribution in [2.45, 2.75) is 24.9 Å². The van der Waals surface area contributed by atoms with Crippen LogP contribution in [0.1, 0.15) is 17.4 Å². The molecule has 1 aromatic carbocycles. The fraction of sp³-hybridized carbons (Fsp3) is 0.312. The van der Waals surface area contributed by atoms with E-state index in [9.17, 15) is 0 Å². The minimum Gasteiger partial charge on any atom is -0.357 e. The van der Waals surface area contributed by atoms with Crippen molar-refractivity contribution in [3.8, 4) is 0 Å². The number of halogens is 1. The zero-order valence-corrected chi connectivity index (χ0v) is 16.8. The fourth-order valence-corrected chi connectivity index (χ4v) is 2.88. The quantitative estimate of drug-likeness (QED) is 0.299. The van der Waals surface area contributed by atoms with Crippen molar-refractivity contribution in [3.63, 3.8) is 0 Å². The molecule has 1 aromatic heterocycles. The van der Waals surface area contributed by atoms with Crippen LogP contribution in [0.3, 0.4) is 0 Å². The van der Waals surface area contributed by atoms with Gasteiger partial charge in [-0.05, 0) is 42.3 Å². The second-order valence-corrected chi connectivity index (χ2v) is 6.39. The zero-order valence-electron chi connectivity index (χ0n) is 12.8. The molecule has 0 aliphatic rings. The van der Waals surface area contributed by atoms with E-state index in [1.165, 1.54) is 15.3 Å². The van der Waals surface area contributed by atoms with Crippen LogP contribution in [0.15, 0.2) is 51.7 Å². The highest BCUT2D eigenvalue weighted by Gasteiger charge is 1.99. The van der Waals surface area contributed by atoms with E-state index < -0.39 is 0 Å². The molecular weight excluding hydrogens is 425 g/mol. The van der Waals surface area contributed by atoms with Crippen molar-refractivity contribution < 1.29 is 0 Å². The zero-order chi connectivity index (χ0) is 14.9. The van der Waals surface area contributed by atoms with Gasteiger partial charge in [0.1, 0.15) is 0 Å². The van der Waals surface area contributed by atoms with Gasteiger partial charge in [-0.1, -0.05) is 18.2 Å². The first kappa shape index (κ1) is 19.3. The van der Waals surface area contributed by atoms with Gasteiger partial charge in [0.15, 0.2) is 5.96 Å². The molecule has 2 N–H and O–H groups in total. The molecule has 3 nitrogen and oxygen atoms in total. The van der Waals surface area contributed by atoms with Crippen LogP contribution in [0.25, 0.3) is 0 Å². The molecule has 2 rings (SSSR count). The first-order valence-corrected chi connectivity index (χ1v) is 9.09. The van der Waals surface area contributed by atoms with E-state index >= 15 is 0 Å². The van der Waals surface area contributed by atoms with Gasteiger partial charge in [-0.25, -0.2) is 4.99 Å². The summed E-state index contributed by atoms with van der Waals surface area (Å²) in [7, 11) is 0. The lowest BCUT2D eigenvalue weighted by Crippen LogP contribution is -2.36. The Morgan fingerprint density at radius 3 is 2.55 bits per heavy atom. The first-order valence-electron chi connectivity index (χ1n) is 6.99. The van der Waals surface area contributed by atoms with Gasteiger partial charge in [-0.2, -0.15) is 0 Å². The van der Waals surface area contributed by atoms with Crippen LogP contribution in [0.4, 0.5) is 0 Å². The predicted molar refractivity (Wildman–Crippen MR) is 110 cm³/mol. The molecule has 2 aromatic rings. The van der Waals surface area contributed by atoms with Crippen molar-refractivity contribution in [1.82, 2.24) is 10.6 Å². The second kappa shape index (κ2) is 10.9. The molecule has 0 bridgehead atoms. The minimum absolute atomic E-state index is 0. The number of thiophene rings is 1. The van der Waals surface area contributed by atoms with Gasteiger partial charge >= 0.3 is 0 Å². The highest BCUT2D eigenvalue weighted by Crippen LogP contribution is 2.15. The summed E-state index contributed by atoms with van der Waals surface area (Å²) >= 11 is 3.51. The Morgan fingerprint density at radius 1 is 1.18 bits per heavy atom. The third-order valence-electron chi connectivity index (χ3n) is 2.93. The Balaban J connectivity index is 0.00000242. The average Bonchev–Trinajstić information content (AvgIpc) is 3.04. The van der Waals surface area contributed by atoms with E-state index in [1.54, 1.807) is 23.1 Å². The van der Waals surface area contributed by atoms with E-state index in [0.717, 1.165) is 19.0 Å². The van der Waals surface area contributed by atoms with Gasteiger partial charge < -0.3 is 10.6 Å². The number of thioether (sulfide) groups is 1. The van der Waals surface area contributed by atoms with E-state index in [0.29, 0.717) is 6.54 Å². The van der Waals surface area contributed by atoms with Gasteiger partial charge in [0.25, 0.3) is 0 Å². The van der Waals surface area contributed by atoms with Crippen LogP contribution >= 0.6 is 47.1 Å².